The van der Waals surface area contributed by atoms with Crippen molar-refractivity contribution in [1.29, 1.82) is 0 Å². The van der Waals surface area contributed by atoms with Gasteiger partial charge in [-0.25, -0.2) is 0 Å². The van der Waals surface area contributed by atoms with Crippen LogP contribution in [0.2, 0.25) is 0 Å². The van der Waals surface area contributed by atoms with E-state index < -0.39 is 0 Å². The molecule has 1 aromatic heterocycles. The van der Waals surface area contributed by atoms with Gasteiger partial charge in [-0.3, -0.25) is 0 Å². The topological polar surface area (TPSA) is 44.5 Å². The van der Waals surface area contributed by atoms with Gasteiger partial charge >= 0.3 is 0 Å². The number of rotatable bonds is 6. The molecular formula is C12H17NO2S. The van der Waals surface area contributed by atoms with Gasteiger partial charge in [0.25, 0.3) is 0 Å². The molecule has 88 valence electrons. The van der Waals surface area contributed by atoms with Crippen LogP contribution in [0.5, 0.6) is 0 Å². The Kier molecular flexibility index (Phi) is 6.86. The zero-order valence-corrected chi connectivity index (χ0v) is 10.3. The lowest BCUT2D eigenvalue weighted by Gasteiger charge is -2.01. The number of ether oxygens (including phenoxy) is 2. The highest BCUT2D eigenvalue weighted by Gasteiger charge is 1.97. The number of hydrogen-bond donors (Lipinski definition) is 1. The molecule has 0 aliphatic heterocycles. The van der Waals surface area contributed by atoms with Crippen LogP contribution in [0.1, 0.15) is 17.4 Å². The fraction of sp³-hybridized carbons (Fsp3) is 0.500. The molecule has 0 aliphatic rings. The SMILES string of the molecule is CCOCCOCc1cc(C#CCN)cs1. The second kappa shape index (κ2) is 8.31. The third kappa shape index (κ3) is 5.29. The minimum atomic E-state index is 0.399. The maximum atomic E-state index is 5.45. The largest absolute Gasteiger partial charge is 0.379 e. The lowest BCUT2D eigenvalue weighted by molar-refractivity contribution is 0.0462. The Labute approximate surface area is 101 Å². The molecule has 1 aromatic rings. The van der Waals surface area contributed by atoms with Gasteiger partial charge in [0, 0.05) is 22.4 Å². The molecule has 0 fully saturated rings. The minimum absolute atomic E-state index is 0.399. The van der Waals surface area contributed by atoms with E-state index in [0.29, 0.717) is 26.4 Å². The predicted octanol–water partition coefficient (Wildman–Crippen LogP) is 1.61. The molecular weight excluding hydrogens is 222 g/mol. The maximum Gasteiger partial charge on any atom is 0.0810 e. The van der Waals surface area contributed by atoms with Gasteiger partial charge in [0.15, 0.2) is 0 Å². The normalized spacial score (nSPS) is 9.88. The van der Waals surface area contributed by atoms with Gasteiger partial charge in [-0.1, -0.05) is 11.8 Å². The highest BCUT2D eigenvalue weighted by molar-refractivity contribution is 7.10. The van der Waals surface area contributed by atoms with Crippen molar-refractivity contribution in [3.63, 3.8) is 0 Å². The number of nitrogens with two attached hydrogens (primary N) is 1. The summed E-state index contributed by atoms with van der Waals surface area (Å²) in [5.74, 6) is 5.82. The molecule has 0 saturated carbocycles. The number of hydrogen-bond acceptors (Lipinski definition) is 4. The van der Waals surface area contributed by atoms with Gasteiger partial charge in [-0.05, 0) is 13.0 Å². The third-order valence-corrected chi connectivity index (χ3v) is 2.72. The van der Waals surface area contributed by atoms with Crippen LogP contribution in [0, 0.1) is 11.8 Å². The molecule has 0 bridgehead atoms. The van der Waals surface area contributed by atoms with Gasteiger partial charge in [0.05, 0.1) is 26.4 Å². The monoisotopic (exact) mass is 239 g/mol. The van der Waals surface area contributed by atoms with Crippen LogP contribution in [0.3, 0.4) is 0 Å². The predicted molar refractivity (Wildman–Crippen MR) is 66.4 cm³/mol. The first-order chi connectivity index (χ1) is 7.86. The average Bonchev–Trinajstić information content (AvgIpc) is 2.74. The minimum Gasteiger partial charge on any atom is -0.379 e. The summed E-state index contributed by atoms with van der Waals surface area (Å²) >= 11 is 1.65. The van der Waals surface area contributed by atoms with E-state index in [4.69, 9.17) is 15.2 Å². The standard InChI is InChI=1S/C12H17NO2S/c1-2-14-6-7-15-9-12-8-11(10-16-12)4-3-5-13/h8,10H,2,5-7,9,13H2,1H3. The summed E-state index contributed by atoms with van der Waals surface area (Å²) in [4.78, 5) is 1.18. The van der Waals surface area contributed by atoms with E-state index in [2.05, 4.69) is 11.8 Å². The van der Waals surface area contributed by atoms with Crippen LogP contribution in [0.25, 0.3) is 0 Å². The first-order valence-electron chi connectivity index (χ1n) is 5.28. The van der Waals surface area contributed by atoms with E-state index >= 15 is 0 Å². The van der Waals surface area contributed by atoms with E-state index in [9.17, 15) is 0 Å². The second-order valence-electron chi connectivity index (χ2n) is 3.06. The molecule has 16 heavy (non-hydrogen) atoms. The Morgan fingerprint density at radius 1 is 1.38 bits per heavy atom. The summed E-state index contributed by atoms with van der Waals surface area (Å²) in [7, 11) is 0. The van der Waals surface area contributed by atoms with Gasteiger partial charge in [-0.15, -0.1) is 11.3 Å². The zero-order chi connectivity index (χ0) is 11.6. The lowest BCUT2D eigenvalue weighted by atomic mass is 10.3. The van der Waals surface area contributed by atoms with Crippen LogP contribution in [0.15, 0.2) is 11.4 Å². The van der Waals surface area contributed by atoms with Gasteiger partial charge in [0.2, 0.25) is 0 Å². The Hall–Kier alpha value is -0.860. The Morgan fingerprint density at radius 2 is 2.19 bits per heavy atom. The molecule has 0 atom stereocenters. The molecule has 0 amide bonds. The van der Waals surface area contributed by atoms with Crippen molar-refractivity contribution in [1.82, 2.24) is 0 Å². The summed E-state index contributed by atoms with van der Waals surface area (Å²) < 4.78 is 10.6. The first kappa shape index (κ1) is 13.2. The smallest absolute Gasteiger partial charge is 0.0810 e. The fourth-order valence-electron chi connectivity index (χ4n) is 1.11. The summed E-state index contributed by atoms with van der Waals surface area (Å²) in [5, 5.41) is 2.02. The first-order valence-corrected chi connectivity index (χ1v) is 6.16. The van der Waals surface area contributed by atoms with E-state index in [0.717, 1.165) is 12.2 Å². The Morgan fingerprint density at radius 3 is 2.94 bits per heavy atom. The van der Waals surface area contributed by atoms with Crippen LogP contribution in [0.4, 0.5) is 0 Å². The summed E-state index contributed by atoms with van der Waals surface area (Å²) in [6.45, 7) is 5.03. The van der Waals surface area contributed by atoms with Crippen LogP contribution in [-0.2, 0) is 16.1 Å². The van der Waals surface area contributed by atoms with Crippen LogP contribution in [-0.4, -0.2) is 26.4 Å². The van der Waals surface area contributed by atoms with Crippen molar-refractivity contribution in [2.45, 2.75) is 13.5 Å². The molecule has 0 unspecified atom stereocenters. The second-order valence-corrected chi connectivity index (χ2v) is 4.05. The zero-order valence-electron chi connectivity index (χ0n) is 9.49. The van der Waals surface area contributed by atoms with Gasteiger partial charge < -0.3 is 15.2 Å². The molecule has 1 rings (SSSR count). The van der Waals surface area contributed by atoms with Crippen molar-refractivity contribution in [3.05, 3.63) is 21.9 Å². The lowest BCUT2D eigenvalue weighted by Crippen LogP contribution is -2.03. The van der Waals surface area contributed by atoms with E-state index in [1.54, 1.807) is 11.3 Å². The van der Waals surface area contributed by atoms with Crippen molar-refractivity contribution in [2.24, 2.45) is 5.73 Å². The van der Waals surface area contributed by atoms with Gasteiger partial charge in [0.1, 0.15) is 0 Å². The highest BCUT2D eigenvalue weighted by atomic mass is 32.1. The molecule has 3 nitrogen and oxygen atoms in total. The molecule has 2 N–H and O–H groups in total. The molecule has 1 heterocycles. The maximum absolute atomic E-state index is 5.45. The molecule has 0 saturated heterocycles. The van der Waals surface area contributed by atoms with E-state index in [1.807, 2.05) is 18.4 Å². The quantitative estimate of drug-likeness (QED) is 0.606. The fourth-order valence-corrected chi connectivity index (χ4v) is 1.86. The molecule has 0 spiro atoms. The molecule has 0 aromatic carbocycles. The van der Waals surface area contributed by atoms with Gasteiger partial charge in [-0.2, -0.15) is 0 Å². The average molecular weight is 239 g/mol. The third-order valence-electron chi connectivity index (χ3n) is 1.81. The van der Waals surface area contributed by atoms with Crippen molar-refractivity contribution >= 4 is 11.3 Å². The Balaban J connectivity index is 2.24. The summed E-state index contributed by atoms with van der Waals surface area (Å²) in [6, 6.07) is 2.04. The van der Waals surface area contributed by atoms with Crippen molar-refractivity contribution in [3.8, 4) is 11.8 Å². The van der Waals surface area contributed by atoms with Crippen molar-refractivity contribution < 1.29 is 9.47 Å². The Bertz CT molecular complexity index is 351. The molecule has 4 heteroatoms. The number of thiophene rings is 1. The molecule has 0 aliphatic carbocycles. The van der Waals surface area contributed by atoms with E-state index in [1.165, 1.54) is 4.88 Å². The highest BCUT2D eigenvalue weighted by Crippen LogP contribution is 2.14. The molecule has 0 radical (unpaired) electrons. The summed E-state index contributed by atoms with van der Waals surface area (Å²) in [6.07, 6.45) is 0. The summed E-state index contributed by atoms with van der Waals surface area (Å²) in [5.41, 5.74) is 6.31. The van der Waals surface area contributed by atoms with Crippen molar-refractivity contribution in [2.75, 3.05) is 26.4 Å². The van der Waals surface area contributed by atoms with Crippen LogP contribution < -0.4 is 5.73 Å². The van der Waals surface area contributed by atoms with E-state index in [-0.39, 0.29) is 0 Å². The van der Waals surface area contributed by atoms with Crippen LogP contribution >= 0.6 is 11.3 Å².